The molecule has 4 fully saturated rings. The van der Waals surface area contributed by atoms with Crippen LogP contribution < -0.4 is 0 Å². The van der Waals surface area contributed by atoms with Gasteiger partial charge >= 0.3 is 0 Å². The molecule has 3 heterocycles. The minimum absolute atomic E-state index is 0.232. The zero-order valence-corrected chi connectivity index (χ0v) is 11.6. The number of ketones is 1. The number of fused-ring (bicyclic) bond motifs is 3. The van der Waals surface area contributed by atoms with Crippen molar-refractivity contribution in [2.45, 2.75) is 45.1 Å². The summed E-state index contributed by atoms with van der Waals surface area (Å²) in [5, 5.41) is 0. The number of carbonyl (C=O) groups is 1. The molecule has 0 aromatic carbocycles. The monoisotopic (exact) mass is 250 g/mol. The Morgan fingerprint density at radius 3 is 2.22 bits per heavy atom. The Hall–Kier alpha value is -0.410. The predicted octanol–water partition coefficient (Wildman–Crippen LogP) is 1.77. The van der Waals surface area contributed by atoms with Crippen LogP contribution in [0.2, 0.25) is 0 Å². The van der Waals surface area contributed by atoms with Crippen LogP contribution in [0.4, 0.5) is 0 Å². The van der Waals surface area contributed by atoms with Crippen LogP contribution in [0.5, 0.6) is 0 Å². The first-order chi connectivity index (χ1) is 8.78. The van der Waals surface area contributed by atoms with Crippen LogP contribution in [0, 0.1) is 11.8 Å². The van der Waals surface area contributed by atoms with Gasteiger partial charge in [0.2, 0.25) is 0 Å². The molecule has 0 spiro atoms. The Bertz CT molecular complexity index is 302. The zero-order chi connectivity index (χ0) is 12.5. The van der Waals surface area contributed by atoms with Gasteiger partial charge in [0.1, 0.15) is 0 Å². The summed E-state index contributed by atoms with van der Waals surface area (Å²) in [6.07, 6.45) is 6.17. The smallest absolute Gasteiger partial charge is 0.154 e. The van der Waals surface area contributed by atoms with Crippen molar-refractivity contribution < 1.29 is 4.79 Å². The van der Waals surface area contributed by atoms with Gasteiger partial charge in [0.15, 0.2) is 5.78 Å². The van der Waals surface area contributed by atoms with Crippen LogP contribution in [0.1, 0.15) is 39.0 Å². The molecule has 1 atom stereocenters. The van der Waals surface area contributed by atoms with Gasteiger partial charge in [-0.05, 0) is 31.6 Å². The van der Waals surface area contributed by atoms with Crippen LogP contribution in [0.15, 0.2) is 0 Å². The molecule has 3 heteroatoms. The van der Waals surface area contributed by atoms with E-state index >= 15 is 0 Å². The summed E-state index contributed by atoms with van der Waals surface area (Å²) < 4.78 is 0. The molecule has 3 aliphatic heterocycles. The van der Waals surface area contributed by atoms with Crippen molar-refractivity contribution in [2.75, 3.05) is 32.7 Å². The van der Waals surface area contributed by atoms with Gasteiger partial charge in [-0.15, -0.1) is 0 Å². The van der Waals surface area contributed by atoms with Gasteiger partial charge in [-0.3, -0.25) is 14.6 Å². The third-order valence-corrected chi connectivity index (χ3v) is 5.43. The third-order valence-electron chi connectivity index (χ3n) is 5.43. The molecule has 3 nitrogen and oxygen atoms in total. The molecule has 1 unspecified atom stereocenters. The fourth-order valence-corrected chi connectivity index (χ4v) is 4.01. The Kier molecular flexibility index (Phi) is 3.71. The molecule has 0 amide bonds. The van der Waals surface area contributed by atoms with E-state index in [4.69, 9.17) is 0 Å². The second kappa shape index (κ2) is 5.30. The zero-order valence-electron chi connectivity index (χ0n) is 11.6. The number of carbonyl (C=O) groups excluding carboxylic acids is 1. The molecule has 1 aliphatic carbocycles. The molecule has 3 saturated heterocycles. The minimum atomic E-state index is 0.232. The van der Waals surface area contributed by atoms with E-state index in [1.807, 2.05) is 0 Å². The molecule has 0 aromatic heterocycles. The van der Waals surface area contributed by atoms with E-state index in [1.165, 1.54) is 32.4 Å². The number of hydrogen-bond acceptors (Lipinski definition) is 3. The van der Waals surface area contributed by atoms with E-state index in [-0.39, 0.29) is 6.04 Å². The Morgan fingerprint density at radius 1 is 1.06 bits per heavy atom. The normalized spacial score (nSPS) is 43.9. The molecule has 0 radical (unpaired) electrons. The van der Waals surface area contributed by atoms with E-state index in [9.17, 15) is 4.79 Å². The van der Waals surface area contributed by atoms with Crippen molar-refractivity contribution in [1.29, 1.82) is 0 Å². The van der Waals surface area contributed by atoms with Crippen LogP contribution in [0.25, 0.3) is 0 Å². The van der Waals surface area contributed by atoms with Crippen molar-refractivity contribution in [3.8, 4) is 0 Å². The molecule has 0 aromatic rings. The highest BCUT2D eigenvalue weighted by Gasteiger charge is 2.39. The minimum Gasteiger partial charge on any atom is -0.299 e. The maximum atomic E-state index is 12.7. The predicted molar refractivity (Wildman–Crippen MR) is 72.5 cm³/mol. The van der Waals surface area contributed by atoms with Crippen molar-refractivity contribution in [3.63, 3.8) is 0 Å². The highest BCUT2D eigenvalue weighted by molar-refractivity contribution is 5.86. The van der Waals surface area contributed by atoms with Crippen molar-refractivity contribution in [2.24, 2.45) is 11.8 Å². The quantitative estimate of drug-likeness (QED) is 0.763. The first-order valence-corrected chi connectivity index (χ1v) is 7.78. The first-order valence-electron chi connectivity index (χ1n) is 7.78. The van der Waals surface area contributed by atoms with Gasteiger partial charge in [-0.2, -0.15) is 0 Å². The molecular weight excluding hydrogens is 224 g/mol. The number of rotatable bonds is 3. The van der Waals surface area contributed by atoms with Crippen LogP contribution in [0.3, 0.4) is 0 Å². The van der Waals surface area contributed by atoms with Crippen molar-refractivity contribution >= 4 is 5.78 Å². The summed E-state index contributed by atoms with van der Waals surface area (Å²) in [5.74, 6) is 1.83. The fourth-order valence-electron chi connectivity index (χ4n) is 4.01. The van der Waals surface area contributed by atoms with E-state index in [2.05, 4.69) is 16.7 Å². The lowest BCUT2D eigenvalue weighted by atomic mass is 9.77. The summed E-state index contributed by atoms with van der Waals surface area (Å²) in [7, 11) is 0. The third kappa shape index (κ3) is 2.35. The summed E-state index contributed by atoms with van der Waals surface area (Å²) in [4.78, 5) is 17.6. The van der Waals surface area contributed by atoms with Gasteiger partial charge in [0.25, 0.3) is 0 Å². The van der Waals surface area contributed by atoms with Crippen LogP contribution in [-0.4, -0.2) is 54.3 Å². The second-order valence-corrected chi connectivity index (χ2v) is 6.38. The summed E-state index contributed by atoms with van der Waals surface area (Å²) in [6.45, 7) is 7.86. The molecule has 4 rings (SSSR count). The molecule has 0 N–H and O–H groups in total. The average molecular weight is 250 g/mol. The van der Waals surface area contributed by atoms with Crippen molar-refractivity contribution in [1.82, 2.24) is 9.80 Å². The summed E-state index contributed by atoms with van der Waals surface area (Å²) in [5.41, 5.74) is 0. The van der Waals surface area contributed by atoms with E-state index < -0.39 is 0 Å². The van der Waals surface area contributed by atoms with Crippen LogP contribution in [-0.2, 0) is 4.79 Å². The van der Waals surface area contributed by atoms with Gasteiger partial charge in [0, 0.05) is 38.6 Å². The number of hydrogen-bond donors (Lipinski definition) is 0. The highest BCUT2D eigenvalue weighted by Crippen LogP contribution is 2.33. The van der Waals surface area contributed by atoms with Crippen molar-refractivity contribution in [3.05, 3.63) is 0 Å². The second-order valence-electron chi connectivity index (χ2n) is 6.38. The topological polar surface area (TPSA) is 23.6 Å². The van der Waals surface area contributed by atoms with Gasteiger partial charge in [-0.1, -0.05) is 13.3 Å². The molecule has 2 bridgehead atoms. The van der Waals surface area contributed by atoms with Gasteiger partial charge < -0.3 is 0 Å². The number of nitrogens with zero attached hydrogens (tertiary/aromatic N) is 2. The van der Waals surface area contributed by atoms with E-state index in [1.54, 1.807) is 0 Å². The van der Waals surface area contributed by atoms with E-state index in [0.29, 0.717) is 11.7 Å². The Balaban J connectivity index is 1.58. The maximum absolute atomic E-state index is 12.7. The lowest BCUT2D eigenvalue weighted by Crippen LogP contribution is -2.64. The molecule has 1 saturated carbocycles. The largest absolute Gasteiger partial charge is 0.299 e. The molecule has 102 valence electrons. The maximum Gasteiger partial charge on any atom is 0.154 e. The SMILES string of the molecule is CCC1CCC(C(=O)C2CN3CCN2CC3)CC1. The lowest BCUT2D eigenvalue weighted by molar-refractivity contribution is -0.134. The number of Topliss-reactive ketones (excluding diaryl/α,β-unsaturated/α-hetero) is 1. The molecular formula is C15H26N2O. The van der Waals surface area contributed by atoms with Gasteiger partial charge in [0.05, 0.1) is 6.04 Å². The van der Waals surface area contributed by atoms with E-state index in [0.717, 1.165) is 38.4 Å². The first kappa shape index (κ1) is 12.6. The summed E-state index contributed by atoms with van der Waals surface area (Å²) in [6, 6.07) is 0.232. The number of piperazine rings is 3. The average Bonchev–Trinajstić information content (AvgIpc) is 2.48. The standard InChI is InChI=1S/C15H26N2O/c1-2-12-3-5-13(6-4-12)15(18)14-11-16-7-9-17(14)10-8-16/h12-14H,2-11H2,1H3. The van der Waals surface area contributed by atoms with Gasteiger partial charge in [-0.25, -0.2) is 0 Å². The lowest BCUT2D eigenvalue weighted by Gasteiger charge is -2.47. The highest BCUT2D eigenvalue weighted by atomic mass is 16.1. The Morgan fingerprint density at radius 2 is 1.72 bits per heavy atom. The molecule has 4 aliphatic rings. The van der Waals surface area contributed by atoms with Crippen LogP contribution >= 0.6 is 0 Å². The molecule has 18 heavy (non-hydrogen) atoms. The fraction of sp³-hybridized carbons (Fsp3) is 0.933. The Labute approximate surface area is 111 Å². The summed E-state index contributed by atoms with van der Waals surface area (Å²) >= 11 is 0.